The Kier molecular flexibility index (Phi) is 52.5. The highest BCUT2D eigenvalue weighted by Gasteiger charge is 2.44. The number of aliphatic hydroxyl groups excluding tert-OH is 5. The molecule has 6 N–H and O–H groups in total. The van der Waals surface area contributed by atoms with Crippen LogP contribution in [0, 0.1) is 0 Å². The average molecular weight is 1050 g/mol. The van der Waals surface area contributed by atoms with Gasteiger partial charge in [-0.2, -0.15) is 0 Å². The first kappa shape index (κ1) is 70.7. The third kappa shape index (κ3) is 43.6. The number of unbranched alkanes of at least 4 members (excludes halogenated alkanes) is 45. The summed E-state index contributed by atoms with van der Waals surface area (Å²) >= 11 is 0. The Balaban J connectivity index is 2.18. The van der Waals surface area contributed by atoms with Gasteiger partial charge < -0.3 is 40.3 Å². The van der Waals surface area contributed by atoms with Gasteiger partial charge in [0.2, 0.25) is 5.91 Å². The van der Waals surface area contributed by atoms with Crippen LogP contribution in [-0.4, -0.2) is 87.5 Å². The highest BCUT2D eigenvalue weighted by molar-refractivity contribution is 5.76. The minimum Gasteiger partial charge on any atom is -0.394 e. The first-order valence-electron chi connectivity index (χ1n) is 32.6. The number of carbonyl (C=O) groups excluding carboxylic acids is 1. The first-order valence-corrected chi connectivity index (χ1v) is 32.6. The molecule has 1 heterocycles. The van der Waals surface area contributed by atoms with Gasteiger partial charge in [-0.05, 0) is 32.1 Å². The zero-order valence-corrected chi connectivity index (χ0v) is 48.9. The third-order valence-corrected chi connectivity index (χ3v) is 15.8. The molecule has 9 nitrogen and oxygen atoms in total. The van der Waals surface area contributed by atoms with Gasteiger partial charge in [-0.3, -0.25) is 4.79 Å². The van der Waals surface area contributed by atoms with E-state index in [0.717, 1.165) is 38.5 Å². The van der Waals surface area contributed by atoms with Crippen molar-refractivity contribution in [2.45, 2.75) is 371 Å². The minimum absolute atomic E-state index is 0.179. The molecule has 0 radical (unpaired) electrons. The number of carbonyl (C=O) groups is 1. The molecule has 0 bridgehead atoms. The molecule has 7 unspecified atom stereocenters. The second-order valence-corrected chi connectivity index (χ2v) is 22.9. The molecule has 1 amide bonds. The highest BCUT2D eigenvalue weighted by Crippen LogP contribution is 2.23. The van der Waals surface area contributed by atoms with E-state index in [4.69, 9.17) is 9.47 Å². The Morgan fingerprint density at radius 2 is 0.770 bits per heavy atom. The van der Waals surface area contributed by atoms with E-state index in [2.05, 4.69) is 31.3 Å². The number of rotatable bonds is 57. The molecular weight excluding hydrogens is 923 g/mol. The molecule has 74 heavy (non-hydrogen) atoms. The molecular formula is C65H125NO8. The van der Waals surface area contributed by atoms with Crippen molar-refractivity contribution in [2.24, 2.45) is 0 Å². The SMILES string of the molecule is CCCCCCCCCCCCCCCCCCCCC/C=C/CC/C=C/C(O)C(COC1OC(CO)C(O)C(O)C1O)NC(=O)CCCCCCCCCCCCCCCCCCCCCCCCCCCC. The van der Waals surface area contributed by atoms with Gasteiger partial charge in [0, 0.05) is 6.42 Å². The molecule has 0 aliphatic carbocycles. The van der Waals surface area contributed by atoms with E-state index in [-0.39, 0.29) is 12.5 Å². The molecule has 1 aliphatic heterocycles. The minimum atomic E-state index is -1.57. The van der Waals surface area contributed by atoms with Crippen molar-refractivity contribution in [3.63, 3.8) is 0 Å². The van der Waals surface area contributed by atoms with Gasteiger partial charge in [-0.1, -0.05) is 314 Å². The highest BCUT2D eigenvalue weighted by atomic mass is 16.7. The van der Waals surface area contributed by atoms with E-state index in [0.29, 0.717) is 6.42 Å². The number of hydrogen-bond donors (Lipinski definition) is 6. The van der Waals surface area contributed by atoms with Crippen LogP contribution in [0.4, 0.5) is 0 Å². The number of aliphatic hydroxyl groups is 5. The van der Waals surface area contributed by atoms with Crippen LogP contribution in [0.15, 0.2) is 24.3 Å². The van der Waals surface area contributed by atoms with Gasteiger partial charge in [0.25, 0.3) is 0 Å². The first-order chi connectivity index (χ1) is 36.3. The van der Waals surface area contributed by atoms with E-state index >= 15 is 0 Å². The second kappa shape index (κ2) is 55.0. The average Bonchev–Trinajstić information content (AvgIpc) is 3.40. The van der Waals surface area contributed by atoms with Gasteiger partial charge in [-0.15, -0.1) is 0 Å². The molecule has 0 aromatic carbocycles. The van der Waals surface area contributed by atoms with Gasteiger partial charge >= 0.3 is 0 Å². The zero-order valence-electron chi connectivity index (χ0n) is 48.9. The molecule has 0 aromatic heterocycles. The van der Waals surface area contributed by atoms with E-state index in [1.54, 1.807) is 6.08 Å². The molecule has 1 fully saturated rings. The fourth-order valence-corrected chi connectivity index (χ4v) is 10.6. The molecule has 1 aliphatic rings. The molecule has 438 valence electrons. The summed E-state index contributed by atoms with van der Waals surface area (Å²) in [5.41, 5.74) is 0. The molecule has 1 rings (SSSR count). The summed E-state index contributed by atoms with van der Waals surface area (Å²) in [5, 5.41) is 54.6. The number of ether oxygens (including phenoxy) is 2. The molecule has 0 spiro atoms. The van der Waals surface area contributed by atoms with Crippen LogP contribution in [0.1, 0.15) is 328 Å². The van der Waals surface area contributed by atoms with Crippen molar-refractivity contribution in [1.82, 2.24) is 5.32 Å². The van der Waals surface area contributed by atoms with Crippen molar-refractivity contribution in [3.8, 4) is 0 Å². The summed E-state index contributed by atoms with van der Waals surface area (Å²) in [6, 6.07) is -0.819. The van der Waals surface area contributed by atoms with E-state index in [9.17, 15) is 30.3 Å². The zero-order chi connectivity index (χ0) is 53.6. The van der Waals surface area contributed by atoms with Crippen molar-refractivity contribution < 1.29 is 39.8 Å². The number of amides is 1. The van der Waals surface area contributed by atoms with E-state index in [1.165, 1.54) is 270 Å². The molecule has 0 aromatic rings. The summed E-state index contributed by atoms with van der Waals surface area (Å²) in [7, 11) is 0. The Hall–Kier alpha value is -1.33. The number of hydrogen-bond acceptors (Lipinski definition) is 8. The quantitative estimate of drug-likeness (QED) is 0.0261. The second-order valence-electron chi connectivity index (χ2n) is 22.9. The lowest BCUT2D eigenvalue weighted by Crippen LogP contribution is -2.60. The standard InChI is InChI=1S/C65H125NO8/c1-3-5-7-9-11-13-15-17-19-21-23-25-27-29-31-33-35-37-39-41-43-45-47-49-51-53-55-61(69)66-58(57-73-65-64(72)63(71)62(70)60(56-67)74-65)59(68)54-52-50-48-46-44-42-40-38-36-34-32-30-28-26-24-22-20-18-16-14-12-10-8-6-4-2/h44,46,52,54,58-60,62-65,67-68,70-72H,3-43,45,47-51,53,55-57H2,1-2H3,(H,66,69)/b46-44+,54-52+. The van der Waals surface area contributed by atoms with Crippen LogP contribution >= 0.6 is 0 Å². The third-order valence-electron chi connectivity index (χ3n) is 15.8. The van der Waals surface area contributed by atoms with E-state index < -0.39 is 49.5 Å². The van der Waals surface area contributed by atoms with Gasteiger partial charge in [0.15, 0.2) is 6.29 Å². The summed E-state index contributed by atoms with van der Waals surface area (Å²) < 4.78 is 11.3. The smallest absolute Gasteiger partial charge is 0.220 e. The Morgan fingerprint density at radius 1 is 0.446 bits per heavy atom. The van der Waals surface area contributed by atoms with Crippen molar-refractivity contribution in [1.29, 1.82) is 0 Å². The van der Waals surface area contributed by atoms with Gasteiger partial charge in [0.1, 0.15) is 24.4 Å². The van der Waals surface area contributed by atoms with Crippen LogP contribution in [0.2, 0.25) is 0 Å². The van der Waals surface area contributed by atoms with Crippen LogP contribution in [0.25, 0.3) is 0 Å². The van der Waals surface area contributed by atoms with Crippen LogP contribution < -0.4 is 5.32 Å². The topological polar surface area (TPSA) is 149 Å². The van der Waals surface area contributed by atoms with Crippen molar-refractivity contribution in [3.05, 3.63) is 24.3 Å². The van der Waals surface area contributed by atoms with Crippen molar-refractivity contribution in [2.75, 3.05) is 13.2 Å². The summed E-state index contributed by atoms with van der Waals surface area (Å²) in [6.07, 6.45) is 64.2. The Bertz CT molecular complexity index is 1210. The number of nitrogens with one attached hydrogen (secondary N) is 1. The lowest BCUT2D eigenvalue weighted by molar-refractivity contribution is -0.302. The van der Waals surface area contributed by atoms with Crippen LogP contribution in [0.3, 0.4) is 0 Å². The molecule has 1 saturated heterocycles. The van der Waals surface area contributed by atoms with Crippen LogP contribution in [-0.2, 0) is 14.3 Å². The number of allylic oxidation sites excluding steroid dienone is 3. The van der Waals surface area contributed by atoms with E-state index in [1.807, 2.05) is 6.08 Å². The maximum Gasteiger partial charge on any atom is 0.220 e. The summed E-state index contributed by atoms with van der Waals surface area (Å²) in [6.45, 7) is 3.82. The normalized spacial score (nSPS) is 19.0. The van der Waals surface area contributed by atoms with Gasteiger partial charge in [-0.25, -0.2) is 0 Å². The lowest BCUT2D eigenvalue weighted by Gasteiger charge is -2.40. The largest absolute Gasteiger partial charge is 0.394 e. The lowest BCUT2D eigenvalue weighted by atomic mass is 9.99. The maximum atomic E-state index is 13.1. The summed E-state index contributed by atoms with van der Waals surface area (Å²) in [5.74, 6) is -0.179. The predicted octanol–water partition coefficient (Wildman–Crippen LogP) is 16.9. The Morgan fingerprint density at radius 3 is 1.14 bits per heavy atom. The molecule has 7 atom stereocenters. The fourth-order valence-electron chi connectivity index (χ4n) is 10.6. The Labute approximate surface area is 458 Å². The molecule has 0 saturated carbocycles. The maximum absolute atomic E-state index is 13.1. The summed E-state index contributed by atoms with van der Waals surface area (Å²) in [4.78, 5) is 13.1. The van der Waals surface area contributed by atoms with Gasteiger partial charge in [0.05, 0.1) is 25.4 Å². The monoisotopic (exact) mass is 1050 g/mol. The fraction of sp³-hybridized carbons (Fsp3) is 0.923. The molecule has 9 heteroatoms. The van der Waals surface area contributed by atoms with Crippen molar-refractivity contribution >= 4 is 5.91 Å². The predicted molar refractivity (Wildman–Crippen MR) is 314 cm³/mol. The van der Waals surface area contributed by atoms with Crippen LogP contribution in [0.5, 0.6) is 0 Å².